The monoisotopic (exact) mass is 433 g/mol. The Morgan fingerprint density at radius 2 is 1.67 bits per heavy atom. The van der Waals surface area contributed by atoms with Gasteiger partial charge in [0.25, 0.3) is 11.8 Å². The van der Waals surface area contributed by atoms with Crippen LogP contribution >= 0.6 is 11.6 Å². The van der Waals surface area contributed by atoms with Crippen molar-refractivity contribution in [3.63, 3.8) is 0 Å². The van der Waals surface area contributed by atoms with Gasteiger partial charge in [-0.3, -0.25) is 14.5 Å². The molecule has 4 amide bonds. The molecule has 2 fully saturated rings. The molecule has 2 aromatic carbocycles. The zero-order valence-electron chi connectivity index (χ0n) is 15.8. The van der Waals surface area contributed by atoms with Gasteiger partial charge in [0, 0.05) is 13.1 Å². The maximum Gasteiger partial charge on any atom is 0.325 e. The standard InChI is InChI=1S/C21H18ClF2N3O3/c22-17-11-15(24)5-6-16(17)18(28)26-9-7-21(8-10-26)19(29)27(20(30)25-21)12-13-1-3-14(23)4-2-13/h1-6,11H,7-10,12H2,(H,25,30). The van der Waals surface area contributed by atoms with Gasteiger partial charge >= 0.3 is 6.03 Å². The summed E-state index contributed by atoms with van der Waals surface area (Å²) in [7, 11) is 0. The van der Waals surface area contributed by atoms with E-state index in [0.717, 1.165) is 11.0 Å². The zero-order valence-corrected chi connectivity index (χ0v) is 16.6. The van der Waals surface area contributed by atoms with Crippen LogP contribution < -0.4 is 5.32 Å². The predicted octanol–water partition coefficient (Wildman–Crippen LogP) is 3.35. The van der Waals surface area contributed by atoms with Crippen molar-refractivity contribution in [3.05, 3.63) is 70.2 Å². The number of piperidine rings is 1. The molecule has 6 nitrogen and oxygen atoms in total. The van der Waals surface area contributed by atoms with Gasteiger partial charge in [-0.2, -0.15) is 0 Å². The molecule has 2 aliphatic heterocycles. The third kappa shape index (κ3) is 3.63. The second kappa shape index (κ2) is 7.68. The molecular formula is C21H18ClF2N3O3. The largest absolute Gasteiger partial charge is 0.338 e. The van der Waals surface area contributed by atoms with Crippen molar-refractivity contribution in [2.24, 2.45) is 0 Å². The smallest absolute Gasteiger partial charge is 0.325 e. The van der Waals surface area contributed by atoms with Crippen LogP contribution in [0.25, 0.3) is 0 Å². The highest BCUT2D eigenvalue weighted by Gasteiger charge is 2.52. The second-order valence-electron chi connectivity index (χ2n) is 7.45. The number of nitrogens with one attached hydrogen (secondary N) is 1. The Morgan fingerprint density at radius 3 is 2.30 bits per heavy atom. The third-order valence-corrected chi connectivity index (χ3v) is 5.88. The normalized spacial score (nSPS) is 18.1. The van der Waals surface area contributed by atoms with E-state index < -0.39 is 23.2 Å². The van der Waals surface area contributed by atoms with E-state index >= 15 is 0 Å². The van der Waals surface area contributed by atoms with Crippen molar-refractivity contribution < 1.29 is 23.2 Å². The highest BCUT2D eigenvalue weighted by atomic mass is 35.5. The van der Waals surface area contributed by atoms with Crippen LogP contribution in [0.1, 0.15) is 28.8 Å². The summed E-state index contributed by atoms with van der Waals surface area (Å²) in [5.41, 5.74) is -0.246. The summed E-state index contributed by atoms with van der Waals surface area (Å²) in [6.45, 7) is 0.520. The van der Waals surface area contributed by atoms with E-state index in [1.807, 2.05) is 0 Å². The summed E-state index contributed by atoms with van der Waals surface area (Å²) in [6.07, 6.45) is 0.504. The number of hydrogen-bond acceptors (Lipinski definition) is 3. The lowest BCUT2D eigenvalue weighted by Gasteiger charge is -2.37. The molecule has 4 rings (SSSR count). The van der Waals surface area contributed by atoms with Crippen LogP contribution in [0.15, 0.2) is 42.5 Å². The number of hydrogen-bond donors (Lipinski definition) is 1. The summed E-state index contributed by atoms with van der Waals surface area (Å²) < 4.78 is 26.3. The SMILES string of the molecule is O=C(c1ccc(F)cc1Cl)N1CCC2(CC1)NC(=O)N(Cc1ccc(F)cc1)C2=O. The van der Waals surface area contributed by atoms with Crippen molar-refractivity contribution in [1.29, 1.82) is 0 Å². The number of likely N-dealkylation sites (tertiary alicyclic amines) is 1. The van der Waals surface area contributed by atoms with Gasteiger partial charge in [-0.15, -0.1) is 0 Å². The first-order valence-electron chi connectivity index (χ1n) is 9.42. The first-order chi connectivity index (χ1) is 14.3. The Morgan fingerprint density at radius 1 is 1.03 bits per heavy atom. The van der Waals surface area contributed by atoms with E-state index in [4.69, 9.17) is 11.6 Å². The quantitative estimate of drug-likeness (QED) is 0.755. The highest BCUT2D eigenvalue weighted by molar-refractivity contribution is 6.33. The molecule has 0 saturated carbocycles. The maximum absolute atomic E-state index is 13.2. The van der Waals surface area contributed by atoms with Crippen molar-refractivity contribution in [1.82, 2.24) is 15.1 Å². The van der Waals surface area contributed by atoms with Gasteiger partial charge in [0.15, 0.2) is 0 Å². The molecule has 2 saturated heterocycles. The molecule has 156 valence electrons. The summed E-state index contributed by atoms with van der Waals surface area (Å²) in [5, 5.41) is 2.79. The topological polar surface area (TPSA) is 69.7 Å². The lowest BCUT2D eigenvalue weighted by atomic mass is 9.87. The average Bonchev–Trinajstić information content (AvgIpc) is 2.94. The lowest BCUT2D eigenvalue weighted by molar-refractivity contribution is -0.133. The molecule has 9 heteroatoms. The van der Waals surface area contributed by atoms with Crippen LogP contribution in [0.3, 0.4) is 0 Å². The molecule has 0 bridgehead atoms. The van der Waals surface area contributed by atoms with Crippen LogP contribution in [-0.4, -0.2) is 46.3 Å². The maximum atomic E-state index is 13.2. The Bertz CT molecular complexity index is 1020. The number of halogens is 3. The van der Waals surface area contributed by atoms with Gasteiger partial charge in [-0.25, -0.2) is 13.6 Å². The molecule has 0 aliphatic carbocycles. The molecular weight excluding hydrogens is 416 g/mol. The lowest BCUT2D eigenvalue weighted by Crippen LogP contribution is -2.55. The number of carbonyl (C=O) groups is 3. The van der Waals surface area contributed by atoms with E-state index in [9.17, 15) is 23.2 Å². The average molecular weight is 434 g/mol. The summed E-state index contributed by atoms with van der Waals surface area (Å²) >= 11 is 5.98. The third-order valence-electron chi connectivity index (χ3n) is 5.57. The van der Waals surface area contributed by atoms with E-state index in [1.165, 1.54) is 41.3 Å². The fourth-order valence-corrected chi connectivity index (χ4v) is 4.10. The fourth-order valence-electron chi connectivity index (χ4n) is 3.86. The molecule has 0 radical (unpaired) electrons. The van der Waals surface area contributed by atoms with Gasteiger partial charge < -0.3 is 10.2 Å². The number of carbonyl (C=O) groups excluding carboxylic acids is 3. The van der Waals surface area contributed by atoms with Crippen LogP contribution in [0.5, 0.6) is 0 Å². The minimum atomic E-state index is -1.07. The number of benzene rings is 2. The van der Waals surface area contributed by atoms with Crippen molar-refractivity contribution in [2.75, 3.05) is 13.1 Å². The predicted molar refractivity (Wildman–Crippen MR) is 105 cm³/mol. The Kier molecular flexibility index (Phi) is 5.19. The van der Waals surface area contributed by atoms with E-state index in [2.05, 4.69) is 5.32 Å². The van der Waals surface area contributed by atoms with Crippen molar-refractivity contribution in [2.45, 2.75) is 24.9 Å². The number of imide groups is 1. The number of urea groups is 1. The van der Waals surface area contributed by atoms with Crippen molar-refractivity contribution >= 4 is 29.4 Å². The highest BCUT2D eigenvalue weighted by Crippen LogP contribution is 2.31. The van der Waals surface area contributed by atoms with Gasteiger partial charge in [-0.1, -0.05) is 23.7 Å². The van der Waals surface area contributed by atoms with Crippen LogP contribution in [0.4, 0.5) is 13.6 Å². The number of nitrogens with zero attached hydrogens (tertiary/aromatic N) is 2. The number of rotatable bonds is 3. The molecule has 2 aromatic rings. The van der Waals surface area contributed by atoms with E-state index in [0.29, 0.717) is 5.56 Å². The molecule has 1 N–H and O–H groups in total. The Balaban J connectivity index is 1.44. The van der Waals surface area contributed by atoms with E-state index in [1.54, 1.807) is 0 Å². The van der Waals surface area contributed by atoms with Crippen molar-refractivity contribution in [3.8, 4) is 0 Å². The first kappa shape index (κ1) is 20.3. The summed E-state index contributed by atoms with van der Waals surface area (Å²) in [5.74, 6) is -1.64. The van der Waals surface area contributed by atoms with Crippen LogP contribution in [0, 0.1) is 11.6 Å². The fraction of sp³-hybridized carbons (Fsp3) is 0.286. The first-order valence-corrected chi connectivity index (χ1v) is 9.80. The Labute approximate surface area is 176 Å². The molecule has 0 aromatic heterocycles. The summed E-state index contributed by atoms with van der Waals surface area (Å²) in [4.78, 5) is 40.8. The van der Waals surface area contributed by atoms with Crippen LogP contribution in [-0.2, 0) is 11.3 Å². The molecule has 2 aliphatic rings. The van der Waals surface area contributed by atoms with Gasteiger partial charge in [0.2, 0.25) is 0 Å². The zero-order chi connectivity index (χ0) is 21.5. The molecule has 30 heavy (non-hydrogen) atoms. The van der Waals surface area contributed by atoms with E-state index in [-0.39, 0.29) is 54.9 Å². The minimum absolute atomic E-state index is 0.0241. The molecule has 1 spiro atoms. The van der Waals surface area contributed by atoms with Gasteiger partial charge in [0.05, 0.1) is 17.1 Å². The minimum Gasteiger partial charge on any atom is -0.338 e. The molecule has 0 unspecified atom stereocenters. The van der Waals surface area contributed by atoms with Gasteiger partial charge in [-0.05, 0) is 48.7 Å². The summed E-state index contributed by atoms with van der Waals surface area (Å²) in [6, 6.07) is 8.65. The Hall–Kier alpha value is -3.00. The van der Waals surface area contributed by atoms with Crippen LogP contribution in [0.2, 0.25) is 5.02 Å². The number of amides is 4. The second-order valence-corrected chi connectivity index (χ2v) is 7.85. The molecule has 0 atom stereocenters. The molecule has 2 heterocycles. The van der Waals surface area contributed by atoms with Gasteiger partial charge in [0.1, 0.15) is 17.2 Å².